The Labute approximate surface area is 262 Å². The van der Waals surface area contributed by atoms with Crippen LogP contribution in [-0.4, -0.2) is 53.2 Å². The summed E-state index contributed by atoms with van der Waals surface area (Å²) in [5, 5.41) is 20.8. The first-order valence-corrected chi connectivity index (χ1v) is 14.2. The van der Waals surface area contributed by atoms with E-state index in [-0.39, 0.29) is 30.4 Å². The Morgan fingerprint density at radius 3 is 2.20 bits per heavy atom. The van der Waals surface area contributed by atoms with Crippen LogP contribution in [0.1, 0.15) is 54.4 Å². The van der Waals surface area contributed by atoms with Crippen molar-refractivity contribution in [2.45, 2.75) is 68.1 Å². The quantitative estimate of drug-likeness (QED) is 0.128. The number of carbonyl (C=O) groups excluding carboxylic acids is 1. The van der Waals surface area contributed by atoms with Crippen LogP contribution in [-0.2, 0) is 36.4 Å². The SMILES string of the molecule is CC(C)OC(=O)N1c2ccc(C(F)(F)F)nc2[C@H](N(Cc2cc(C(F)(F)F)cc(C(F)(F)F)c2)c2nnn(CCO)n2)C[C@@H]1I. The number of hydrogen-bond acceptors (Lipinski definition) is 8. The lowest BCUT2D eigenvalue weighted by Crippen LogP contribution is -2.46. The normalized spacial score (nSPS) is 17.4. The number of alkyl halides is 10. The molecule has 1 amide bonds. The van der Waals surface area contributed by atoms with Crippen molar-refractivity contribution in [1.82, 2.24) is 25.2 Å². The molecule has 2 atom stereocenters. The fourth-order valence-electron chi connectivity index (χ4n) is 4.53. The van der Waals surface area contributed by atoms with Crippen molar-refractivity contribution in [1.29, 1.82) is 0 Å². The van der Waals surface area contributed by atoms with Crippen LogP contribution in [0.3, 0.4) is 0 Å². The van der Waals surface area contributed by atoms with E-state index in [0.29, 0.717) is 18.2 Å². The molecule has 20 heteroatoms. The second-order valence-electron chi connectivity index (χ2n) is 10.0. The molecule has 0 spiro atoms. The van der Waals surface area contributed by atoms with E-state index >= 15 is 0 Å². The Kier molecular flexibility index (Phi) is 9.76. The molecule has 0 radical (unpaired) electrons. The van der Waals surface area contributed by atoms with Gasteiger partial charge >= 0.3 is 24.6 Å². The van der Waals surface area contributed by atoms with E-state index in [9.17, 15) is 49.4 Å². The Balaban J connectivity index is 1.93. The number of halogens is 10. The molecule has 0 saturated carbocycles. The highest BCUT2D eigenvalue weighted by Gasteiger charge is 2.44. The van der Waals surface area contributed by atoms with E-state index in [1.54, 1.807) is 13.8 Å². The average Bonchev–Trinajstić information content (AvgIpc) is 3.37. The number of nitrogens with zero attached hydrogens (tertiary/aromatic N) is 7. The van der Waals surface area contributed by atoms with Crippen molar-refractivity contribution in [3.05, 3.63) is 58.4 Å². The topological polar surface area (TPSA) is 110 Å². The lowest BCUT2D eigenvalue weighted by Gasteiger charge is -2.41. The van der Waals surface area contributed by atoms with Crippen LogP contribution in [0.25, 0.3) is 0 Å². The predicted molar refractivity (Wildman–Crippen MR) is 146 cm³/mol. The minimum atomic E-state index is -5.17. The van der Waals surface area contributed by atoms with Gasteiger partial charge in [-0.3, -0.25) is 4.90 Å². The lowest BCUT2D eigenvalue weighted by molar-refractivity contribution is -0.143. The van der Waals surface area contributed by atoms with Crippen molar-refractivity contribution in [3.63, 3.8) is 0 Å². The molecule has 4 rings (SSSR count). The molecule has 1 N–H and O–H groups in total. The summed E-state index contributed by atoms with van der Waals surface area (Å²) in [6.45, 7) is 1.64. The molecule has 10 nitrogen and oxygen atoms in total. The summed E-state index contributed by atoms with van der Waals surface area (Å²) in [7, 11) is 0. The van der Waals surface area contributed by atoms with Gasteiger partial charge in [-0.25, -0.2) is 9.78 Å². The number of aliphatic hydroxyl groups is 1. The van der Waals surface area contributed by atoms with Crippen LogP contribution in [0.15, 0.2) is 30.3 Å². The maximum atomic E-state index is 13.8. The molecule has 0 bridgehead atoms. The minimum absolute atomic E-state index is 0.0598. The number of pyridine rings is 1. The van der Waals surface area contributed by atoms with Gasteiger partial charge in [0, 0.05) is 13.0 Å². The van der Waals surface area contributed by atoms with Gasteiger partial charge in [-0.2, -0.15) is 44.3 Å². The second kappa shape index (κ2) is 12.8. The van der Waals surface area contributed by atoms with E-state index in [1.807, 2.05) is 22.6 Å². The zero-order chi connectivity index (χ0) is 33.5. The molecule has 45 heavy (non-hydrogen) atoms. The van der Waals surface area contributed by atoms with E-state index in [0.717, 1.165) is 20.7 Å². The number of benzene rings is 1. The van der Waals surface area contributed by atoms with Crippen LogP contribution in [0.2, 0.25) is 0 Å². The van der Waals surface area contributed by atoms with Crippen molar-refractivity contribution in [2.75, 3.05) is 16.4 Å². The molecule has 1 aliphatic heterocycles. The largest absolute Gasteiger partial charge is 0.446 e. The molecule has 2 aromatic heterocycles. The van der Waals surface area contributed by atoms with E-state index < -0.39 is 82.3 Å². The standard InChI is InChI=1S/C25H23F9IN7O3/c1-12(2)45-22(44)42-16-3-4-18(25(32,33)34)36-20(16)17(10-19(42)35)40(21-37-39-41(38-21)5-6-43)11-13-7-14(23(26,27)28)9-15(8-13)24(29,30)31/h3-4,7-9,12,17,19,43H,5-6,10-11H2,1-2H3/t17-,19-/m1/s1. The highest BCUT2D eigenvalue weighted by molar-refractivity contribution is 14.1. The summed E-state index contributed by atoms with van der Waals surface area (Å²) < 4.78 is 128. The lowest BCUT2D eigenvalue weighted by atomic mass is 9.98. The number of amides is 1. The Hall–Kier alpha value is -3.43. The predicted octanol–water partition coefficient (Wildman–Crippen LogP) is 6.38. The maximum Gasteiger partial charge on any atom is 0.433 e. The van der Waals surface area contributed by atoms with Gasteiger partial charge in [0.2, 0.25) is 0 Å². The van der Waals surface area contributed by atoms with Crippen molar-refractivity contribution in [2.24, 2.45) is 0 Å². The zero-order valence-corrected chi connectivity index (χ0v) is 25.3. The number of tetrazole rings is 1. The Morgan fingerprint density at radius 1 is 1.04 bits per heavy atom. The Bertz CT molecular complexity index is 1500. The second-order valence-corrected chi connectivity index (χ2v) is 11.5. The van der Waals surface area contributed by atoms with Gasteiger partial charge < -0.3 is 14.7 Å². The third-order valence-electron chi connectivity index (χ3n) is 6.37. The first-order valence-electron chi connectivity index (χ1n) is 12.9. The Morgan fingerprint density at radius 2 is 1.67 bits per heavy atom. The van der Waals surface area contributed by atoms with Crippen LogP contribution in [0.4, 0.5) is 55.9 Å². The fraction of sp³-hybridized carbons (Fsp3) is 0.480. The van der Waals surface area contributed by atoms with Gasteiger partial charge in [-0.05, 0) is 55.0 Å². The number of hydrogen-bond donors (Lipinski definition) is 1. The summed E-state index contributed by atoms with van der Waals surface area (Å²) in [6, 6.07) is 1.15. The minimum Gasteiger partial charge on any atom is -0.446 e. The monoisotopic (exact) mass is 767 g/mol. The van der Waals surface area contributed by atoms with Crippen molar-refractivity contribution < 1.29 is 54.2 Å². The molecule has 1 aliphatic rings. The first kappa shape index (κ1) is 34.4. The van der Waals surface area contributed by atoms with E-state index in [1.165, 1.54) is 0 Å². The van der Waals surface area contributed by atoms with Gasteiger partial charge in [-0.15, -0.1) is 5.10 Å². The maximum absolute atomic E-state index is 13.8. The molecule has 0 aliphatic carbocycles. The number of anilines is 2. The zero-order valence-electron chi connectivity index (χ0n) is 23.1. The summed E-state index contributed by atoms with van der Waals surface area (Å²) in [4.78, 5) is 19.7. The van der Waals surface area contributed by atoms with Gasteiger partial charge in [0.1, 0.15) is 5.69 Å². The summed E-state index contributed by atoms with van der Waals surface area (Å²) in [5.74, 6) is -0.397. The van der Waals surface area contributed by atoms with Crippen LogP contribution < -0.4 is 9.80 Å². The summed E-state index contributed by atoms with van der Waals surface area (Å²) in [6.07, 6.45) is -17.1. The van der Waals surface area contributed by atoms with Crippen LogP contribution in [0, 0.1) is 0 Å². The molecule has 246 valence electrons. The number of aliphatic hydroxyl groups excluding tert-OH is 1. The van der Waals surface area contributed by atoms with E-state index in [2.05, 4.69) is 20.4 Å². The molecule has 3 aromatic rings. The third kappa shape index (κ3) is 7.87. The fourth-order valence-corrected chi connectivity index (χ4v) is 5.54. The number of fused-ring (bicyclic) bond motifs is 1. The van der Waals surface area contributed by atoms with Crippen LogP contribution >= 0.6 is 22.6 Å². The van der Waals surface area contributed by atoms with Gasteiger partial charge in [0.25, 0.3) is 5.95 Å². The molecule has 1 aromatic carbocycles. The molecule has 0 unspecified atom stereocenters. The summed E-state index contributed by atoms with van der Waals surface area (Å²) >= 11 is 1.81. The van der Waals surface area contributed by atoms with Crippen molar-refractivity contribution in [3.8, 4) is 0 Å². The van der Waals surface area contributed by atoms with Gasteiger partial charge in [0.15, 0.2) is 0 Å². The highest BCUT2D eigenvalue weighted by Crippen LogP contribution is 2.45. The molecule has 3 heterocycles. The molecular weight excluding hydrogens is 744 g/mol. The third-order valence-corrected chi connectivity index (χ3v) is 7.44. The number of ether oxygens (including phenoxy) is 1. The first-order chi connectivity index (χ1) is 20.8. The molecule has 0 saturated heterocycles. The number of rotatable bonds is 7. The van der Waals surface area contributed by atoms with Gasteiger partial charge in [0.05, 0.1) is 51.9 Å². The number of aromatic nitrogens is 5. The van der Waals surface area contributed by atoms with Gasteiger partial charge in [-0.1, -0.05) is 27.7 Å². The van der Waals surface area contributed by atoms with Crippen molar-refractivity contribution >= 4 is 40.3 Å². The average molecular weight is 767 g/mol. The van der Waals surface area contributed by atoms with Crippen LogP contribution in [0.5, 0.6) is 0 Å². The summed E-state index contributed by atoms with van der Waals surface area (Å²) in [5.41, 5.74) is -5.65. The molecule has 0 fully saturated rings. The van der Waals surface area contributed by atoms with E-state index in [4.69, 9.17) is 4.74 Å². The molecular formula is C25H23F9IN7O3. The number of carbonyl (C=O) groups is 1. The smallest absolute Gasteiger partial charge is 0.433 e. The highest BCUT2D eigenvalue weighted by atomic mass is 127.